The van der Waals surface area contributed by atoms with Crippen LogP contribution in [0.4, 0.5) is 10.2 Å². The van der Waals surface area contributed by atoms with Crippen molar-refractivity contribution in [2.75, 3.05) is 18.0 Å². The van der Waals surface area contributed by atoms with Crippen molar-refractivity contribution in [3.63, 3.8) is 0 Å². The second kappa shape index (κ2) is 6.59. The second-order valence-corrected chi connectivity index (χ2v) is 8.18. The first-order chi connectivity index (χ1) is 12.4. The molecule has 0 spiro atoms. The van der Waals surface area contributed by atoms with Crippen molar-refractivity contribution in [3.05, 3.63) is 40.8 Å². The zero-order chi connectivity index (χ0) is 18.4. The third-order valence-corrected chi connectivity index (χ3v) is 5.67. The predicted octanol–water partition coefficient (Wildman–Crippen LogP) is 4.73. The second-order valence-electron chi connectivity index (χ2n) is 6.98. The fourth-order valence-electron chi connectivity index (χ4n) is 3.74. The Hall–Kier alpha value is -2.05. The monoisotopic (exact) mass is 371 g/mol. The minimum Gasteiger partial charge on any atom is -0.372 e. The average Bonchev–Trinajstić information content (AvgIpc) is 2.89. The molecule has 1 aliphatic heterocycles. The van der Waals surface area contributed by atoms with Gasteiger partial charge < -0.3 is 9.64 Å². The Balaban J connectivity index is 1.93. The molecule has 6 heteroatoms. The van der Waals surface area contributed by atoms with E-state index in [2.05, 4.69) is 30.7 Å². The van der Waals surface area contributed by atoms with E-state index in [0.29, 0.717) is 0 Å². The molecule has 2 aromatic heterocycles. The molecule has 0 amide bonds. The number of rotatable bonds is 2. The number of aromatic nitrogens is 2. The number of benzene rings is 1. The van der Waals surface area contributed by atoms with Crippen LogP contribution in [0.3, 0.4) is 0 Å². The largest absolute Gasteiger partial charge is 0.372 e. The Morgan fingerprint density at radius 2 is 1.73 bits per heavy atom. The molecule has 3 heterocycles. The SMILES string of the molecule is Cc1nc(N2CC(C)OC(C)C2)c2c(-c3ccc(F)cc3)c(C)sc2n1. The van der Waals surface area contributed by atoms with E-state index in [1.165, 1.54) is 17.0 Å². The maximum atomic E-state index is 13.4. The summed E-state index contributed by atoms with van der Waals surface area (Å²) in [7, 11) is 0. The third-order valence-electron chi connectivity index (χ3n) is 4.67. The van der Waals surface area contributed by atoms with Gasteiger partial charge in [-0.15, -0.1) is 11.3 Å². The number of nitrogens with zero attached hydrogens (tertiary/aromatic N) is 3. The predicted molar refractivity (Wildman–Crippen MR) is 105 cm³/mol. The number of fused-ring (bicyclic) bond motifs is 1. The van der Waals surface area contributed by atoms with Gasteiger partial charge in [0.15, 0.2) is 0 Å². The number of ether oxygens (including phenoxy) is 1. The summed E-state index contributed by atoms with van der Waals surface area (Å²) in [5.74, 6) is 1.50. The van der Waals surface area contributed by atoms with Crippen LogP contribution in [-0.4, -0.2) is 35.3 Å². The lowest BCUT2D eigenvalue weighted by Gasteiger charge is -2.36. The molecule has 0 radical (unpaired) electrons. The summed E-state index contributed by atoms with van der Waals surface area (Å²) in [6.07, 6.45) is 0.302. The molecular formula is C20H22FN3OS. The molecule has 2 unspecified atom stereocenters. The van der Waals surface area contributed by atoms with E-state index in [0.717, 1.165) is 46.1 Å². The number of anilines is 1. The maximum Gasteiger partial charge on any atom is 0.141 e. The van der Waals surface area contributed by atoms with E-state index in [-0.39, 0.29) is 18.0 Å². The normalized spacial score (nSPS) is 20.7. The third kappa shape index (κ3) is 3.08. The molecule has 1 aliphatic rings. The fraction of sp³-hybridized carbons (Fsp3) is 0.400. The highest BCUT2D eigenvalue weighted by Crippen LogP contribution is 2.42. The summed E-state index contributed by atoms with van der Waals surface area (Å²) < 4.78 is 19.3. The quantitative estimate of drug-likeness (QED) is 0.653. The van der Waals surface area contributed by atoms with Gasteiger partial charge in [-0.2, -0.15) is 0 Å². The first kappa shape index (κ1) is 17.4. The Morgan fingerprint density at radius 1 is 1.08 bits per heavy atom. The summed E-state index contributed by atoms with van der Waals surface area (Å²) in [6.45, 7) is 9.81. The Kier molecular flexibility index (Phi) is 4.40. The molecule has 1 aromatic carbocycles. The molecule has 4 nitrogen and oxygen atoms in total. The van der Waals surface area contributed by atoms with Gasteiger partial charge in [-0.25, -0.2) is 14.4 Å². The van der Waals surface area contributed by atoms with Gasteiger partial charge >= 0.3 is 0 Å². The van der Waals surface area contributed by atoms with Crippen molar-refractivity contribution in [2.45, 2.75) is 39.9 Å². The number of hydrogen-bond donors (Lipinski definition) is 0. The van der Waals surface area contributed by atoms with E-state index in [4.69, 9.17) is 9.72 Å². The van der Waals surface area contributed by atoms with Crippen molar-refractivity contribution in [3.8, 4) is 11.1 Å². The van der Waals surface area contributed by atoms with Crippen LogP contribution in [0.25, 0.3) is 21.3 Å². The van der Waals surface area contributed by atoms with Crippen LogP contribution in [0.15, 0.2) is 24.3 Å². The lowest BCUT2D eigenvalue weighted by Crippen LogP contribution is -2.46. The van der Waals surface area contributed by atoms with Crippen molar-refractivity contribution < 1.29 is 9.13 Å². The maximum absolute atomic E-state index is 13.4. The van der Waals surface area contributed by atoms with E-state index >= 15 is 0 Å². The van der Waals surface area contributed by atoms with E-state index in [1.807, 2.05) is 19.1 Å². The molecule has 26 heavy (non-hydrogen) atoms. The fourth-order valence-corrected chi connectivity index (χ4v) is 4.83. The Labute approximate surface area is 156 Å². The number of halogens is 1. The summed E-state index contributed by atoms with van der Waals surface area (Å²) in [4.78, 5) is 13.9. The average molecular weight is 371 g/mol. The standard InChI is InChI=1S/C20H22FN3OS/c1-11-9-24(10-12(2)25-11)19-18-17(15-5-7-16(21)8-6-15)13(3)26-20(18)23-14(4)22-19/h5-8,11-12H,9-10H2,1-4H3. The van der Waals surface area contributed by atoms with Crippen LogP contribution in [0.5, 0.6) is 0 Å². The molecule has 1 saturated heterocycles. The van der Waals surface area contributed by atoms with E-state index < -0.39 is 0 Å². The van der Waals surface area contributed by atoms with Crippen LogP contribution in [0.2, 0.25) is 0 Å². The van der Waals surface area contributed by atoms with Crippen LogP contribution >= 0.6 is 11.3 Å². The lowest BCUT2D eigenvalue weighted by molar-refractivity contribution is -0.00537. The minimum absolute atomic E-state index is 0.151. The Morgan fingerprint density at radius 3 is 2.38 bits per heavy atom. The molecular weight excluding hydrogens is 349 g/mol. The first-order valence-electron chi connectivity index (χ1n) is 8.86. The highest BCUT2D eigenvalue weighted by molar-refractivity contribution is 7.19. The van der Waals surface area contributed by atoms with Crippen LogP contribution in [0, 0.1) is 19.7 Å². The number of hydrogen-bond acceptors (Lipinski definition) is 5. The van der Waals surface area contributed by atoms with E-state index in [9.17, 15) is 4.39 Å². The highest BCUT2D eigenvalue weighted by Gasteiger charge is 2.27. The number of morpholine rings is 1. The summed E-state index contributed by atoms with van der Waals surface area (Å²) in [5, 5.41) is 1.06. The molecule has 3 aromatic rings. The van der Waals surface area contributed by atoms with Crippen LogP contribution in [-0.2, 0) is 4.74 Å². The van der Waals surface area contributed by atoms with Gasteiger partial charge in [0.1, 0.15) is 22.3 Å². The molecule has 4 rings (SSSR count). The van der Waals surface area contributed by atoms with Gasteiger partial charge in [0, 0.05) is 23.5 Å². The lowest BCUT2D eigenvalue weighted by atomic mass is 10.0. The summed E-state index contributed by atoms with van der Waals surface area (Å²) in [6, 6.07) is 6.67. The smallest absolute Gasteiger partial charge is 0.141 e. The van der Waals surface area contributed by atoms with Crippen molar-refractivity contribution >= 4 is 27.4 Å². The van der Waals surface area contributed by atoms with Crippen molar-refractivity contribution in [2.24, 2.45) is 0 Å². The summed E-state index contributed by atoms with van der Waals surface area (Å²) >= 11 is 1.67. The molecule has 0 aliphatic carbocycles. The number of thiophene rings is 1. The van der Waals surface area contributed by atoms with Gasteiger partial charge in [0.25, 0.3) is 0 Å². The molecule has 0 N–H and O–H groups in total. The van der Waals surface area contributed by atoms with Crippen molar-refractivity contribution in [1.29, 1.82) is 0 Å². The topological polar surface area (TPSA) is 38.2 Å². The van der Waals surface area contributed by atoms with Gasteiger partial charge in [-0.05, 0) is 45.4 Å². The van der Waals surface area contributed by atoms with Gasteiger partial charge in [-0.1, -0.05) is 12.1 Å². The van der Waals surface area contributed by atoms with Crippen LogP contribution in [0.1, 0.15) is 24.5 Å². The molecule has 0 bridgehead atoms. The number of aryl methyl sites for hydroxylation is 2. The van der Waals surface area contributed by atoms with Gasteiger partial charge in [0.05, 0.1) is 17.6 Å². The highest BCUT2D eigenvalue weighted by atomic mass is 32.1. The Bertz CT molecular complexity index is 944. The van der Waals surface area contributed by atoms with E-state index in [1.54, 1.807) is 11.3 Å². The van der Waals surface area contributed by atoms with Gasteiger partial charge in [0.2, 0.25) is 0 Å². The van der Waals surface area contributed by atoms with Gasteiger partial charge in [-0.3, -0.25) is 0 Å². The van der Waals surface area contributed by atoms with Crippen LogP contribution < -0.4 is 4.90 Å². The molecule has 2 atom stereocenters. The van der Waals surface area contributed by atoms with Crippen molar-refractivity contribution in [1.82, 2.24) is 9.97 Å². The minimum atomic E-state index is -0.228. The molecule has 0 saturated carbocycles. The zero-order valence-electron chi connectivity index (χ0n) is 15.4. The zero-order valence-corrected chi connectivity index (χ0v) is 16.2. The molecule has 1 fully saturated rings. The first-order valence-corrected chi connectivity index (χ1v) is 9.68. The summed E-state index contributed by atoms with van der Waals surface area (Å²) in [5.41, 5.74) is 2.10. The molecule has 136 valence electrons.